The van der Waals surface area contributed by atoms with Crippen LogP contribution in [0.25, 0.3) is 0 Å². The molecule has 0 aromatic heterocycles. The number of carbonyl (C=O) groups excluding carboxylic acids is 2. The highest BCUT2D eigenvalue weighted by Gasteiger charge is 2.27. The number of nitrogens with zero attached hydrogens (tertiary/aromatic N) is 1. The molecule has 31 heavy (non-hydrogen) atoms. The van der Waals surface area contributed by atoms with Crippen LogP contribution in [0.1, 0.15) is 18.1 Å². The van der Waals surface area contributed by atoms with E-state index in [2.05, 4.69) is 5.32 Å². The van der Waals surface area contributed by atoms with Crippen LogP contribution in [0.4, 0.5) is 10.1 Å². The fraction of sp³-hybridized carbons (Fsp3) is 0.200. The summed E-state index contributed by atoms with van der Waals surface area (Å²) in [5, 5.41) is 2.81. The third-order valence-corrected chi connectivity index (χ3v) is 5.02. The van der Waals surface area contributed by atoms with Crippen molar-refractivity contribution >= 4 is 17.5 Å². The molecule has 6 heteroatoms. The normalized spacial score (nSPS) is 11.5. The Morgan fingerprint density at radius 2 is 1.61 bits per heavy atom. The number of hydrogen-bond donors (Lipinski definition) is 1. The number of amides is 2. The van der Waals surface area contributed by atoms with Crippen LogP contribution in [0.2, 0.25) is 0 Å². The Balaban J connectivity index is 1.80. The zero-order valence-electron chi connectivity index (χ0n) is 17.5. The fourth-order valence-electron chi connectivity index (χ4n) is 3.19. The van der Waals surface area contributed by atoms with Gasteiger partial charge in [-0.05, 0) is 42.8 Å². The maximum Gasteiger partial charge on any atom is 0.246 e. The zero-order chi connectivity index (χ0) is 22.2. The Labute approximate surface area is 181 Å². The van der Waals surface area contributed by atoms with Gasteiger partial charge in [0.25, 0.3) is 0 Å². The molecule has 2 amide bonds. The first-order valence-corrected chi connectivity index (χ1v) is 9.99. The SMILES string of the molecule is COc1ccc(NC(=O)[C@H](C)N(Cc2ccccc2F)C(=O)Cc2ccccc2)cc1. The first-order chi connectivity index (χ1) is 15.0. The van der Waals surface area contributed by atoms with E-state index in [9.17, 15) is 14.0 Å². The number of carbonyl (C=O) groups is 2. The molecule has 3 rings (SSSR count). The number of ether oxygens (including phenoxy) is 1. The molecule has 0 unspecified atom stereocenters. The van der Waals surface area contributed by atoms with Crippen molar-refractivity contribution < 1.29 is 18.7 Å². The van der Waals surface area contributed by atoms with Gasteiger partial charge in [-0.15, -0.1) is 0 Å². The summed E-state index contributed by atoms with van der Waals surface area (Å²) in [6, 6.07) is 21.6. The summed E-state index contributed by atoms with van der Waals surface area (Å²) in [4.78, 5) is 27.4. The topological polar surface area (TPSA) is 58.6 Å². The van der Waals surface area contributed by atoms with Crippen LogP contribution in [0.15, 0.2) is 78.9 Å². The van der Waals surface area contributed by atoms with Crippen LogP contribution in [-0.4, -0.2) is 29.9 Å². The predicted octanol–water partition coefficient (Wildman–Crippen LogP) is 4.43. The van der Waals surface area contributed by atoms with Crippen molar-refractivity contribution in [2.45, 2.75) is 25.9 Å². The van der Waals surface area contributed by atoms with E-state index < -0.39 is 11.9 Å². The average Bonchev–Trinajstić information content (AvgIpc) is 2.79. The van der Waals surface area contributed by atoms with Gasteiger partial charge in [0.15, 0.2) is 0 Å². The highest BCUT2D eigenvalue weighted by atomic mass is 19.1. The van der Waals surface area contributed by atoms with Crippen LogP contribution in [0.5, 0.6) is 5.75 Å². The molecular weight excluding hydrogens is 395 g/mol. The van der Waals surface area contributed by atoms with Crippen molar-refractivity contribution in [2.75, 3.05) is 12.4 Å². The van der Waals surface area contributed by atoms with Crippen LogP contribution in [0, 0.1) is 5.82 Å². The van der Waals surface area contributed by atoms with Gasteiger partial charge in [-0.1, -0.05) is 48.5 Å². The Morgan fingerprint density at radius 1 is 0.968 bits per heavy atom. The Hall–Kier alpha value is -3.67. The minimum atomic E-state index is -0.807. The van der Waals surface area contributed by atoms with Gasteiger partial charge in [0.2, 0.25) is 11.8 Å². The Morgan fingerprint density at radius 3 is 2.26 bits per heavy atom. The third kappa shape index (κ3) is 5.92. The molecule has 0 aliphatic rings. The molecular formula is C25H25FN2O3. The van der Waals surface area contributed by atoms with Crippen molar-refractivity contribution in [3.63, 3.8) is 0 Å². The summed E-state index contributed by atoms with van der Waals surface area (Å²) in [6.45, 7) is 1.64. The van der Waals surface area contributed by atoms with E-state index in [1.165, 1.54) is 11.0 Å². The molecule has 1 N–H and O–H groups in total. The highest BCUT2D eigenvalue weighted by Crippen LogP contribution is 2.18. The fourth-order valence-corrected chi connectivity index (χ4v) is 3.19. The van der Waals surface area contributed by atoms with Gasteiger partial charge in [0.05, 0.1) is 13.5 Å². The van der Waals surface area contributed by atoms with E-state index in [4.69, 9.17) is 4.74 Å². The molecule has 3 aromatic rings. The quantitative estimate of drug-likeness (QED) is 0.586. The first kappa shape index (κ1) is 22.0. The van der Waals surface area contributed by atoms with Crippen molar-refractivity contribution in [3.8, 4) is 5.75 Å². The van der Waals surface area contributed by atoms with E-state index in [1.54, 1.807) is 56.5 Å². The Bertz CT molecular complexity index is 1020. The van der Waals surface area contributed by atoms with Crippen LogP contribution >= 0.6 is 0 Å². The monoisotopic (exact) mass is 420 g/mol. The van der Waals surface area contributed by atoms with Gasteiger partial charge in [-0.25, -0.2) is 4.39 Å². The molecule has 0 radical (unpaired) electrons. The van der Waals surface area contributed by atoms with Gasteiger partial charge in [0, 0.05) is 17.8 Å². The van der Waals surface area contributed by atoms with Crippen molar-refractivity contribution in [1.29, 1.82) is 0 Å². The molecule has 3 aromatic carbocycles. The number of methoxy groups -OCH3 is 1. The number of rotatable bonds is 8. The lowest BCUT2D eigenvalue weighted by molar-refractivity contribution is -0.138. The van der Waals surface area contributed by atoms with Gasteiger partial charge in [-0.3, -0.25) is 9.59 Å². The smallest absolute Gasteiger partial charge is 0.246 e. The summed E-state index contributed by atoms with van der Waals surface area (Å²) >= 11 is 0. The number of hydrogen-bond acceptors (Lipinski definition) is 3. The van der Waals surface area contributed by atoms with Crippen LogP contribution in [0.3, 0.4) is 0 Å². The molecule has 0 saturated heterocycles. The van der Waals surface area contributed by atoms with E-state index in [1.807, 2.05) is 30.3 Å². The minimum absolute atomic E-state index is 0.00443. The highest BCUT2D eigenvalue weighted by molar-refractivity contribution is 5.97. The molecule has 1 atom stereocenters. The van der Waals surface area contributed by atoms with Gasteiger partial charge < -0.3 is 15.0 Å². The lowest BCUT2D eigenvalue weighted by Gasteiger charge is -2.29. The van der Waals surface area contributed by atoms with Crippen LogP contribution < -0.4 is 10.1 Å². The molecule has 5 nitrogen and oxygen atoms in total. The summed E-state index contributed by atoms with van der Waals surface area (Å²) in [7, 11) is 1.56. The lowest BCUT2D eigenvalue weighted by atomic mass is 10.1. The lowest BCUT2D eigenvalue weighted by Crippen LogP contribution is -2.46. The van der Waals surface area contributed by atoms with Crippen LogP contribution in [-0.2, 0) is 22.6 Å². The third-order valence-electron chi connectivity index (χ3n) is 5.02. The minimum Gasteiger partial charge on any atom is -0.497 e. The van der Waals surface area contributed by atoms with Crippen molar-refractivity contribution in [3.05, 3.63) is 95.8 Å². The maximum atomic E-state index is 14.3. The molecule has 0 fully saturated rings. The Kier molecular flexibility index (Phi) is 7.38. The van der Waals surface area contributed by atoms with Gasteiger partial charge >= 0.3 is 0 Å². The maximum absolute atomic E-state index is 14.3. The average molecular weight is 420 g/mol. The van der Waals surface area contributed by atoms with Crippen molar-refractivity contribution in [2.24, 2.45) is 0 Å². The number of benzene rings is 3. The predicted molar refractivity (Wildman–Crippen MR) is 118 cm³/mol. The second-order valence-electron chi connectivity index (χ2n) is 7.17. The van der Waals surface area contributed by atoms with Gasteiger partial charge in [-0.2, -0.15) is 0 Å². The second-order valence-corrected chi connectivity index (χ2v) is 7.17. The van der Waals surface area contributed by atoms with E-state index in [-0.39, 0.29) is 24.8 Å². The summed E-state index contributed by atoms with van der Waals surface area (Å²) in [5.41, 5.74) is 1.76. The summed E-state index contributed by atoms with van der Waals surface area (Å²) in [5.74, 6) is -0.359. The standard InChI is InChI=1S/C25H25FN2O3/c1-18(25(30)27-21-12-14-22(31-2)15-13-21)28(17-20-10-6-7-11-23(20)26)24(29)16-19-8-4-3-5-9-19/h3-15,18H,16-17H2,1-2H3,(H,27,30)/t18-/m0/s1. The summed E-state index contributed by atoms with van der Waals surface area (Å²) in [6.07, 6.45) is 0.120. The van der Waals surface area contributed by atoms with Gasteiger partial charge in [0.1, 0.15) is 17.6 Å². The van der Waals surface area contributed by atoms with E-state index >= 15 is 0 Å². The van der Waals surface area contributed by atoms with Crippen molar-refractivity contribution in [1.82, 2.24) is 4.90 Å². The van der Waals surface area contributed by atoms with E-state index in [0.717, 1.165) is 5.56 Å². The summed E-state index contributed by atoms with van der Waals surface area (Å²) < 4.78 is 19.4. The first-order valence-electron chi connectivity index (χ1n) is 9.99. The second kappa shape index (κ2) is 10.4. The molecule has 0 aliphatic heterocycles. The number of anilines is 1. The molecule has 0 bridgehead atoms. The van der Waals surface area contributed by atoms with E-state index in [0.29, 0.717) is 17.0 Å². The number of nitrogens with one attached hydrogen (secondary N) is 1. The molecule has 0 saturated carbocycles. The molecule has 0 heterocycles. The molecule has 0 spiro atoms. The molecule has 160 valence electrons. The number of halogens is 1. The molecule has 0 aliphatic carbocycles. The zero-order valence-corrected chi connectivity index (χ0v) is 17.5. The largest absolute Gasteiger partial charge is 0.497 e.